The predicted molar refractivity (Wildman–Crippen MR) is 50.2 cm³/mol. The van der Waals surface area contributed by atoms with Crippen molar-refractivity contribution in [3.63, 3.8) is 0 Å². The van der Waals surface area contributed by atoms with Crippen molar-refractivity contribution in [1.29, 1.82) is 0 Å². The van der Waals surface area contributed by atoms with E-state index in [4.69, 9.17) is 23.7 Å². The van der Waals surface area contributed by atoms with Gasteiger partial charge in [-0.15, -0.1) is 0 Å². The molecule has 0 bridgehead atoms. The normalized spacial score (nSPS) is 12.5. The molecular formula is C8H10N2S. The second-order valence-corrected chi connectivity index (χ2v) is 2.76. The Morgan fingerprint density at radius 1 is 1.27 bits per heavy atom. The van der Waals surface area contributed by atoms with Crippen LogP contribution in [-0.2, 0) is 0 Å². The number of hydrogen-bond donors (Lipinski definition) is 2. The molecule has 0 aliphatic rings. The molecule has 1 aromatic carbocycles. The van der Waals surface area contributed by atoms with Crippen LogP contribution in [0.2, 0.25) is 0 Å². The molecule has 2 nitrogen and oxygen atoms in total. The fourth-order valence-corrected chi connectivity index (χ4v) is 0.961. The molecule has 0 unspecified atom stereocenters. The van der Waals surface area contributed by atoms with Crippen molar-refractivity contribution in [3.05, 3.63) is 35.9 Å². The zero-order valence-electron chi connectivity index (χ0n) is 6.03. The van der Waals surface area contributed by atoms with Crippen molar-refractivity contribution in [2.75, 3.05) is 0 Å². The molecule has 0 saturated heterocycles. The highest BCUT2D eigenvalue weighted by atomic mass is 32.1. The highest BCUT2D eigenvalue weighted by molar-refractivity contribution is 7.80. The first-order valence-corrected chi connectivity index (χ1v) is 3.72. The lowest BCUT2D eigenvalue weighted by atomic mass is 10.1. The first-order valence-electron chi connectivity index (χ1n) is 3.31. The summed E-state index contributed by atoms with van der Waals surface area (Å²) in [4.78, 5) is 0.330. The maximum absolute atomic E-state index is 5.67. The molecule has 0 aliphatic carbocycles. The Morgan fingerprint density at radius 2 is 1.82 bits per heavy atom. The molecule has 1 aromatic rings. The van der Waals surface area contributed by atoms with Crippen molar-refractivity contribution in [2.45, 2.75) is 6.04 Å². The average Bonchev–Trinajstić information content (AvgIpc) is 2.05. The minimum atomic E-state index is -0.314. The molecule has 58 valence electrons. The van der Waals surface area contributed by atoms with Crippen LogP contribution >= 0.6 is 12.2 Å². The zero-order chi connectivity index (χ0) is 8.27. The topological polar surface area (TPSA) is 52.0 Å². The van der Waals surface area contributed by atoms with Gasteiger partial charge < -0.3 is 11.5 Å². The van der Waals surface area contributed by atoms with Crippen LogP contribution in [0.1, 0.15) is 11.6 Å². The van der Waals surface area contributed by atoms with E-state index in [2.05, 4.69) is 0 Å². The number of nitrogens with two attached hydrogens (primary N) is 2. The summed E-state index contributed by atoms with van der Waals surface area (Å²) in [5.41, 5.74) is 12.0. The van der Waals surface area contributed by atoms with Crippen LogP contribution in [-0.4, -0.2) is 4.99 Å². The van der Waals surface area contributed by atoms with Crippen LogP contribution < -0.4 is 11.5 Å². The SMILES string of the molecule is NC(=S)[C@@H](N)c1ccccc1. The van der Waals surface area contributed by atoms with Gasteiger partial charge in [0.1, 0.15) is 0 Å². The van der Waals surface area contributed by atoms with E-state index in [-0.39, 0.29) is 6.04 Å². The monoisotopic (exact) mass is 166 g/mol. The van der Waals surface area contributed by atoms with Gasteiger partial charge in [0.2, 0.25) is 0 Å². The fourth-order valence-electron chi connectivity index (χ4n) is 0.825. The minimum absolute atomic E-state index is 0.314. The van der Waals surface area contributed by atoms with E-state index in [1.165, 1.54) is 0 Å². The van der Waals surface area contributed by atoms with Crippen LogP contribution in [0, 0.1) is 0 Å². The van der Waals surface area contributed by atoms with Crippen molar-refractivity contribution >= 4 is 17.2 Å². The molecule has 0 fully saturated rings. The number of thiocarbonyl (C=S) groups is 1. The van der Waals surface area contributed by atoms with Crippen LogP contribution in [0.15, 0.2) is 30.3 Å². The van der Waals surface area contributed by atoms with E-state index >= 15 is 0 Å². The molecule has 0 saturated carbocycles. The van der Waals surface area contributed by atoms with Crippen LogP contribution in [0.25, 0.3) is 0 Å². The van der Waals surface area contributed by atoms with Crippen LogP contribution in [0.3, 0.4) is 0 Å². The second kappa shape index (κ2) is 3.46. The first-order chi connectivity index (χ1) is 5.22. The lowest BCUT2D eigenvalue weighted by Gasteiger charge is -2.08. The van der Waals surface area contributed by atoms with E-state index in [9.17, 15) is 0 Å². The average molecular weight is 166 g/mol. The van der Waals surface area contributed by atoms with Crippen molar-refractivity contribution < 1.29 is 0 Å². The molecule has 0 amide bonds. The molecule has 4 N–H and O–H groups in total. The highest BCUT2D eigenvalue weighted by Gasteiger charge is 2.06. The van der Waals surface area contributed by atoms with Crippen molar-refractivity contribution in [2.24, 2.45) is 11.5 Å². The molecular weight excluding hydrogens is 156 g/mol. The van der Waals surface area contributed by atoms with Crippen LogP contribution in [0.4, 0.5) is 0 Å². The highest BCUT2D eigenvalue weighted by Crippen LogP contribution is 2.08. The van der Waals surface area contributed by atoms with Gasteiger partial charge in [0, 0.05) is 0 Å². The van der Waals surface area contributed by atoms with Crippen molar-refractivity contribution in [3.8, 4) is 0 Å². The third kappa shape index (κ3) is 2.00. The van der Waals surface area contributed by atoms with Gasteiger partial charge in [-0.05, 0) is 5.56 Å². The quantitative estimate of drug-likeness (QED) is 0.644. The Labute approximate surface area is 71.2 Å². The second-order valence-electron chi connectivity index (χ2n) is 2.29. The predicted octanol–water partition coefficient (Wildman–Crippen LogP) is 0.973. The van der Waals surface area contributed by atoms with Gasteiger partial charge in [0.05, 0.1) is 11.0 Å². The summed E-state index contributed by atoms with van der Waals surface area (Å²) in [5, 5.41) is 0. The Kier molecular flexibility index (Phi) is 2.57. The number of rotatable bonds is 2. The maximum Gasteiger partial charge on any atom is 0.0943 e. The lowest BCUT2D eigenvalue weighted by molar-refractivity contribution is 0.967. The summed E-state index contributed by atoms with van der Waals surface area (Å²) in [6, 6.07) is 9.25. The van der Waals surface area contributed by atoms with Gasteiger partial charge in [-0.25, -0.2) is 0 Å². The molecule has 11 heavy (non-hydrogen) atoms. The van der Waals surface area contributed by atoms with Crippen molar-refractivity contribution in [1.82, 2.24) is 0 Å². The minimum Gasteiger partial charge on any atom is -0.392 e. The van der Waals surface area contributed by atoms with Gasteiger partial charge in [0.25, 0.3) is 0 Å². The zero-order valence-corrected chi connectivity index (χ0v) is 6.84. The van der Waals surface area contributed by atoms with E-state index in [1.807, 2.05) is 30.3 Å². The Balaban J connectivity index is 2.85. The maximum atomic E-state index is 5.67. The fraction of sp³-hybridized carbons (Fsp3) is 0.125. The molecule has 1 rings (SSSR count). The van der Waals surface area contributed by atoms with E-state index in [1.54, 1.807) is 0 Å². The third-order valence-electron chi connectivity index (χ3n) is 1.47. The Morgan fingerprint density at radius 3 is 2.27 bits per heavy atom. The van der Waals surface area contributed by atoms with E-state index in [0.29, 0.717) is 4.99 Å². The molecule has 1 atom stereocenters. The number of benzene rings is 1. The van der Waals surface area contributed by atoms with E-state index < -0.39 is 0 Å². The standard InChI is InChI=1S/C8H10N2S/c9-7(8(10)11)6-4-2-1-3-5-6/h1-5,7H,9H2,(H2,10,11)/t7-/m0/s1. The smallest absolute Gasteiger partial charge is 0.0943 e. The van der Waals surface area contributed by atoms with Gasteiger partial charge in [-0.3, -0.25) is 0 Å². The molecule has 0 aliphatic heterocycles. The van der Waals surface area contributed by atoms with Crippen LogP contribution in [0.5, 0.6) is 0 Å². The molecule has 0 spiro atoms. The summed E-state index contributed by atoms with van der Waals surface area (Å²) in [6.45, 7) is 0. The Bertz CT molecular complexity index is 246. The van der Waals surface area contributed by atoms with Gasteiger partial charge in [-0.1, -0.05) is 42.5 Å². The van der Waals surface area contributed by atoms with E-state index in [0.717, 1.165) is 5.56 Å². The van der Waals surface area contributed by atoms with Gasteiger partial charge in [0.15, 0.2) is 0 Å². The lowest BCUT2D eigenvalue weighted by Crippen LogP contribution is -2.26. The third-order valence-corrected chi connectivity index (χ3v) is 1.72. The molecule has 3 heteroatoms. The molecule has 0 radical (unpaired) electrons. The summed E-state index contributed by atoms with van der Waals surface area (Å²) in [7, 11) is 0. The first kappa shape index (κ1) is 8.17. The summed E-state index contributed by atoms with van der Waals surface area (Å²) < 4.78 is 0. The number of hydrogen-bond acceptors (Lipinski definition) is 2. The summed E-state index contributed by atoms with van der Waals surface area (Å²) in [6.07, 6.45) is 0. The van der Waals surface area contributed by atoms with Gasteiger partial charge >= 0.3 is 0 Å². The largest absolute Gasteiger partial charge is 0.392 e. The summed E-state index contributed by atoms with van der Waals surface area (Å²) >= 11 is 4.75. The molecule has 0 aromatic heterocycles. The van der Waals surface area contributed by atoms with Gasteiger partial charge in [-0.2, -0.15) is 0 Å². The summed E-state index contributed by atoms with van der Waals surface area (Å²) in [5.74, 6) is 0. The molecule has 0 heterocycles. The Hall–Kier alpha value is -0.930.